The normalized spacial score (nSPS) is 16.5. The van der Waals surface area contributed by atoms with E-state index >= 15 is 0 Å². The molecule has 42 heavy (non-hydrogen) atoms. The van der Waals surface area contributed by atoms with Gasteiger partial charge in [-0.25, -0.2) is 0 Å². The maximum atomic E-state index is 6.74. The van der Waals surface area contributed by atoms with E-state index in [2.05, 4.69) is 150 Å². The van der Waals surface area contributed by atoms with Crippen LogP contribution in [0.2, 0.25) is 26.2 Å². The smallest absolute Gasteiger partial charge is 0.234 e. The Hall–Kier alpha value is -3.37. The molecule has 0 saturated heterocycles. The lowest BCUT2D eigenvalue weighted by molar-refractivity contribution is 0.584. The fraction of sp³-hybridized carbons (Fsp3) is 0.111. The number of hydrogen-bond donors (Lipinski definition) is 0. The van der Waals surface area contributed by atoms with E-state index in [4.69, 9.17) is 8.23 Å². The van der Waals surface area contributed by atoms with Gasteiger partial charge in [0, 0.05) is 0 Å². The molecule has 4 aromatic rings. The van der Waals surface area contributed by atoms with Gasteiger partial charge in [-0.05, 0) is 46.9 Å². The molecule has 0 aromatic heterocycles. The zero-order valence-corrected chi connectivity index (χ0v) is 29.5. The highest BCUT2D eigenvalue weighted by atomic mass is 28.4. The minimum atomic E-state index is -2.18. The molecule has 0 aliphatic carbocycles. The summed E-state index contributed by atoms with van der Waals surface area (Å²) in [4.78, 5) is 0. The van der Waals surface area contributed by atoms with E-state index in [1.807, 2.05) is 47.1 Å². The van der Waals surface area contributed by atoms with Crippen molar-refractivity contribution in [3.05, 3.63) is 170 Å². The van der Waals surface area contributed by atoms with Crippen LogP contribution in [0.1, 0.15) is 0 Å². The fourth-order valence-electron chi connectivity index (χ4n) is 4.83. The van der Waals surface area contributed by atoms with Gasteiger partial charge in [0.25, 0.3) is 0 Å². The molecule has 0 radical (unpaired) electrons. The molecule has 0 spiro atoms. The van der Waals surface area contributed by atoms with Gasteiger partial charge < -0.3 is 8.23 Å². The Labute approximate surface area is 257 Å². The van der Waals surface area contributed by atoms with Gasteiger partial charge in [-0.3, -0.25) is 0 Å². The topological polar surface area (TPSA) is 18.5 Å². The Bertz CT molecular complexity index is 1230. The molecule has 0 aliphatic heterocycles. The summed E-state index contributed by atoms with van der Waals surface area (Å²) in [5.41, 5.74) is 8.06. The van der Waals surface area contributed by atoms with Crippen molar-refractivity contribution in [2.24, 2.45) is 0 Å². The molecule has 4 atom stereocenters. The number of rotatable bonds is 12. The third-order valence-electron chi connectivity index (χ3n) is 7.79. The summed E-state index contributed by atoms with van der Waals surface area (Å²) in [6.45, 7) is 25.0. The van der Waals surface area contributed by atoms with Crippen LogP contribution in [0, 0.1) is 0 Å². The molecule has 0 fully saturated rings. The Morgan fingerprint density at radius 2 is 0.524 bits per heavy atom. The van der Waals surface area contributed by atoms with Crippen molar-refractivity contribution in [2.45, 2.75) is 26.2 Å². The van der Waals surface area contributed by atoms with Crippen molar-refractivity contribution in [1.82, 2.24) is 0 Å². The van der Waals surface area contributed by atoms with Gasteiger partial charge >= 0.3 is 0 Å². The van der Waals surface area contributed by atoms with Gasteiger partial charge in [-0.1, -0.05) is 144 Å². The van der Waals surface area contributed by atoms with Crippen molar-refractivity contribution in [2.75, 3.05) is 0 Å². The Morgan fingerprint density at radius 3 is 0.667 bits per heavy atom. The zero-order valence-electron chi connectivity index (χ0n) is 25.5. The van der Waals surface area contributed by atoms with Crippen molar-refractivity contribution >= 4 is 54.0 Å². The Kier molecular flexibility index (Phi) is 11.6. The van der Waals surface area contributed by atoms with E-state index in [0.29, 0.717) is 0 Å². The summed E-state index contributed by atoms with van der Waals surface area (Å²) in [7, 11) is -8.74. The summed E-state index contributed by atoms with van der Waals surface area (Å²) in [5, 5.41) is 4.99. The molecule has 0 N–H and O–H groups in total. The fourth-order valence-corrected chi connectivity index (χ4v) is 19.5. The summed E-state index contributed by atoms with van der Waals surface area (Å²) >= 11 is 0. The first-order valence-electron chi connectivity index (χ1n) is 14.2. The second-order valence-electron chi connectivity index (χ2n) is 10.9. The molecule has 4 aromatic carbocycles. The van der Waals surface area contributed by atoms with Crippen molar-refractivity contribution in [1.29, 1.82) is 0 Å². The highest BCUT2D eigenvalue weighted by molar-refractivity contribution is 7.02. The van der Waals surface area contributed by atoms with Gasteiger partial charge in [0.2, 0.25) is 33.3 Å². The van der Waals surface area contributed by atoms with Crippen LogP contribution in [0.5, 0.6) is 0 Å². The minimum Gasteiger partial charge on any atom is -0.443 e. The first kappa shape index (κ1) is 33.1. The maximum Gasteiger partial charge on any atom is 0.234 e. The van der Waals surface area contributed by atoms with Crippen molar-refractivity contribution in [3.63, 3.8) is 0 Å². The second kappa shape index (κ2) is 14.7. The standard InChI is InChI=1S/2C18H22OSi2/c2*1-5-20(3,17-13-9-7-10-14-17)19-21(4,6-2)18-15-11-8-12-16-18/h2*5-16H,1-2H2,3-4H3. The van der Waals surface area contributed by atoms with Crippen LogP contribution in [0.25, 0.3) is 0 Å². The predicted octanol–water partition coefficient (Wildman–Crippen LogP) is 6.84. The molecule has 0 aliphatic rings. The molecule has 0 bridgehead atoms. The van der Waals surface area contributed by atoms with Crippen LogP contribution in [0.4, 0.5) is 0 Å². The van der Waals surface area contributed by atoms with E-state index in [-0.39, 0.29) is 0 Å². The third kappa shape index (κ3) is 7.92. The lowest BCUT2D eigenvalue weighted by atomic mass is 10.4. The summed E-state index contributed by atoms with van der Waals surface area (Å²) in [5.74, 6) is 0. The maximum absolute atomic E-state index is 6.74. The Morgan fingerprint density at radius 1 is 0.357 bits per heavy atom. The van der Waals surface area contributed by atoms with Crippen LogP contribution in [0.3, 0.4) is 0 Å². The van der Waals surface area contributed by atoms with E-state index in [1.165, 1.54) is 20.7 Å². The van der Waals surface area contributed by atoms with Crippen LogP contribution < -0.4 is 20.7 Å². The van der Waals surface area contributed by atoms with E-state index in [9.17, 15) is 0 Å². The molecule has 0 heterocycles. The predicted molar refractivity (Wildman–Crippen MR) is 194 cm³/mol. The summed E-state index contributed by atoms with van der Waals surface area (Å²) in [6, 6.07) is 41.7. The lowest BCUT2D eigenvalue weighted by Crippen LogP contribution is -2.59. The van der Waals surface area contributed by atoms with E-state index < -0.39 is 33.3 Å². The zero-order chi connectivity index (χ0) is 30.7. The highest BCUT2D eigenvalue weighted by Gasteiger charge is 2.39. The average Bonchev–Trinajstić information content (AvgIpc) is 3.06. The molecule has 216 valence electrons. The van der Waals surface area contributed by atoms with Crippen molar-refractivity contribution in [3.8, 4) is 0 Å². The Balaban J connectivity index is 0.000000230. The molecule has 4 unspecified atom stereocenters. The molecule has 0 saturated carbocycles. The first-order valence-corrected chi connectivity index (χ1v) is 24.2. The second-order valence-corrected chi connectivity index (χ2v) is 25.3. The van der Waals surface area contributed by atoms with Crippen LogP contribution in [0.15, 0.2) is 170 Å². The molecular weight excluding hydrogens is 577 g/mol. The van der Waals surface area contributed by atoms with Crippen LogP contribution in [-0.2, 0) is 8.23 Å². The number of hydrogen-bond acceptors (Lipinski definition) is 2. The van der Waals surface area contributed by atoms with Gasteiger partial charge in [0.05, 0.1) is 0 Å². The van der Waals surface area contributed by atoms with Crippen LogP contribution in [-0.4, -0.2) is 33.3 Å². The molecular formula is C36H44O2Si4. The van der Waals surface area contributed by atoms with Gasteiger partial charge in [0.15, 0.2) is 0 Å². The first-order chi connectivity index (χ1) is 20.1. The number of benzene rings is 4. The molecule has 6 heteroatoms. The average molecular weight is 621 g/mol. The minimum absolute atomic E-state index is 1.25. The monoisotopic (exact) mass is 620 g/mol. The van der Waals surface area contributed by atoms with Crippen molar-refractivity contribution < 1.29 is 8.23 Å². The van der Waals surface area contributed by atoms with Gasteiger partial charge in [-0.2, -0.15) is 0 Å². The summed E-state index contributed by atoms with van der Waals surface area (Å²) in [6.07, 6.45) is 0. The van der Waals surface area contributed by atoms with Gasteiger partial charge in [0.1, 0.15) is 0 Å². The lowest BCUT2D eigenvalue weighted by Gasteiger charge is -2.35. The third-order valence-corrected chi connectivity index (χ3v) is 23.6. The molecule has 4 rings (SSSR count). The van der Waals surface area contributed by atoms with Crippen LogP contribution >= 0.6 is 0 Å². The quantitative estimate of drug-likeness (QED) is 0.162. The molecule has 2 nitrogen and oxygen atoms in total. The van der Waals surface area contributed by atoms with E-state index in [0.717, 1.165) is 0 Å². The largest absolute Gasteiger partial charge is 0.443 e. The van der Waals surface area contributed by atoms with Gasteiger partial charge in [-0.15, -0.1) is 26.3 Å². The summed E-state index contributed by atoms with van der Waals surface area (Å²) < 4.78 is 13.5. The molecule has 0 amide bonds. The van der Waals surface area contributed by atoms with E-state index in [1.54, 1.807) is 0 Å². The highest BCUT2D eigenvalue weighted by Crippen LogP contribution is 2.18. The SMILES string of the molecule is C=C[Si](C)(O[Si](C)(C=C)c1ccccc1)c1ccccc1.C=C[Si](C)(O[Si](C)(C=C)c1ccccc1)c1ccccc1.